The zero-order valence-corrected chi connectivity index (χ0v) is 13.3. The summed E-state index contributed by atoms with van der Waals surface area (Å²) < 4.78 is 10.8. The molecule has 0 aliphatic rings. The van der Waals surface area contributed by atoms with Crippen LogP contribution in [0.3, 0.4) is 0 Å². The lowest BCUT2D eigenvalue weighted by atomic mass is 10.2. The quantitative estimate of drug-likeness (QED) is 0.414. The number of esters is 1. The second kappa shape index (κ2) is 7.84. The van der Waals surface area contributed by atoms with Gasteiger partial charge in [-0.1, -0.05) is 36.4 Å². The van der Waals surface area contributed by atoms with E-state index in [0.717, 1.165) is 5.56 Å². The molecule has 0 aliphatic carbocycles. The van der Waals surface area contributed by atoms with Gasteiger partial charge in [-0.3, -0.25) is 0 Å². The van der Waals surface area contributed by atoms with Crippen molar-refractivity contribution >= 4 is 12.0 Å². The molecule has 0 atom stereocenters. The Morgan fingerprint density at radius 2 is 1.52 bits per heavy atom. The maximum atomic E-state index is 11.8. The van der Waals surface area contributed by atoms with Crippen molar-refractivity contribution in [2.75, 3.05) is 0 Å². The van der Waals surface area contributed by atoms with Crippen molar-refractivity contribution in [1.82, 2.24) is 0 Å². The van der Waals surface area contributed by atoms with Gasteiger partial charge in [-0.05, 0) is 48.0 Å². The van der Waals surface area contributed by atoms with Crippen molar-refractivity contribution in [3.05, 3.63) is 90.5 Å². The van der Waals surface area contributed by atoms with Crippen LogP contribution in [-0.2, 0) is 4.79 Å². The minimum Gasteiger partial charge on any atom is -0.508 e. The van der Waals surface area contributed by atoms with Gasteiger partial charge in [0.2, 0.25) is 0 Å². The zero-order valence-electron chi connectivity index (χ0n) is 13.3. The molecule has 124 valence electrons. The van der Waals surface area contributed by atoms with Crippen LogP contribution in [0.2, 0.25) is 0 Å². The lowest BCUT2D eigenvalue weighted by Gasteiger charge is -2.06. The molecule has 1 N–H and O–H groups in total. The molecule has 0 saturated carbocycles. The molecule has 0 aromatic heterocycles. The van der Waals surface area contributed by atoms with E-state index in [0.29, 0.717) is 17.2 Å². The van der Waals surface area contributed by atoms with E-state index in [1.807, 2.05) is 18.2 Å². The van der Waals surface area contributed by atoms with E-state index < -0.39 is 5.97 Å². The first kappa shape index (κ1) is 16.3. The highest BCUT2D eigenvalue weighted by atomic mass is 16.5. The number of hydrogen-bond donors (Lipinski definition) is 1. The standard InChI is InChI=1S/C21H16O4/c22-17-5-4-8-20(15-17)24-19-12-9-16(10-13-19)11-14-21(23)25-18-6-2-1-3-7-18/h1-15,22H/b14-11+. The van der Waals surface area contributed by atoms with Crippen LogP contribution < -0.4 is 9.47 Å². The second-order valence-electron chi connectivity index (χ2n) is 5.24. The van der Waals surface area contributed by atoms with Gasteiger partial charge in [-0.15, -0.1) is 0 Å². The van der Waals surface area contributed by atoms with Crippen molar-refractivity contribution in [1.29, 1.82) is 0 Å². The van der Waals surface area contributed by atoms with Crippen LogP contribution in [0.4, 0.5) is 0 Å². The Hall–Kier alpha value is -3.53. The highest BCUT2D eigenvalue weighted by Gasteiger charge is 2.01. The first-order chi connectivity index (χ1) is 12.2. The molecular formula is C21H16O4. The van der Waals surface area contributed by atoms with Gasteiger partial charge in [0.15, 0.2) is 0 Å². The number of carbonyl (C=O) groups is 1. The van der Waals surface area contributed by atoms with Crippen molar-refractivity contribution < 1.29 is 19.4 Å². The van der Waals surface area contributed by atoms with E-state index in [-0.39, 0.29) is 5.75 Å². The minimum absolute atomic E-state index is 0.147. The van der Waals surface area contributed by atoms with Gasteiger partial charge in [0, 0.05) is 12.1 Å². The molecule has 4 nitrogen and oxygen atoms in total. The Morgan fingerprint density at radius 1 is 0.800 bits per heavy atom. The Morgan fingerprint density at radius 3 is 2.24 bits per heavy atom. The van der Waals surface area contributed by atoms with Crippen molar-refractivity contribution in [2.24, 2.45) is 0 Å². The lowest BCUT2D eigenvalue weighted by Crippen LogP contribution is -2.03. The number of benzene rings is 3. The van der Waals surface area contributed by atoms with Gasteiger partial charge in [-0.2, -0.15) is 0 Å². The summed E-state index contributed by atoms with van der Waals surface area (Å²) in [6.45, 7) is 0. The summed E-state index contributed by atoms with van der Waals surface area (Å²) in [7, 11) is 0. The number of hydrogen-bond acceptors (Lipinski definition) is 4. The van der Waals surface area contributed by atoms with Gasteiger partial charge in [0.25, 0.3) is 0 Å². The molecule has 3 aromatic carbocycles. The average molecular weight is 332 g/mol. The third-order valence-electron chi connectivity index (χ3n) is 3.31. The molecule has 4 heteroatoms. The van der Waals surface area contributed by atoms with Gasteiger partial charge >= 0.3 is 5.97 Å². The van der Waals surface area contributed by atoms with Crippen LogP contribution in [0.5, 0.6) is 23.0 Å². The summed E-state index contributed by atoms with van der Waals surface area (Å²) in [5.41, 5.74) is 0.841. The van der Waals surface area contributed by atoms with Crippen molar-refractivity contribution in [2.45, 2.75) is 0 Å². The highest BCUT2D eigenvalue weighted by Crippen LogP contribution is 2.24. The molecule has 0 bridgehead atoms. The molecule has 0 spiro atoms. The zero-order chi connectivity index (χ0) is 17.5. The average Bonchev–Trinajstić information content (AvgIpc) is 2.62. The van der Waals surface area contributed by atoms with E-state index in [2.05, 4.69) is 0 Å². The number of carbonyl (C=O) groups excluding carboxylic acids is 1. The van der Waals surface area contributed by atoms with Crippen molar-refractivity contribution in [3.8, 4) is 23.0 Å². The van der Waals surface area contributed by atoms with Crippen LogP contribution in [0.25, 0.3) is 6.08 Å². The Balaban J connectivity index is 1.59. The fourth-order valence-corrected chi connectivity index (χ4v) is 2.13. The third-order valence-corrected chi connectivity index (χ3v) is 3.31. The number of aromatic hydroxyl groups is 1. The molecule has 25 heavy (non-hydrogen) atoms. The molecule has 0 amide bonds. The summed E-state index contributed by atoms with van der Waals surface area (Å²) >= 11 is 0. The summed E-state index contributed by atoms with van der Waals surface area (Å²) in [5, 5.41) is 9.43. The predicted molar refractivity (Wildman–Crippen MR) is 95.7 cm³/mol. The Bertz CT molecular complexity index is 868. The minimum atomic E-state index is -0.439. The van der Waals surface area contributed by atoms with Crippen LogP contribution >= 0.6 is 0 Å². The fourth-order valence-electron chi connectivity index (χ4n) is 2.13. The SMILES string of the molecule is O=C(/C=C/c1ccc(Oc2cccc(O)c2)cc1)Oc1ccccc1. The fraction of sp³-hybridized carbons (Fsp3) is 0. The van der Waals surface area contributed by atoms with Crippen LogP contribution in [-0.4, -0.2) is 11.1 Å². The number of para-hydroxylation sites is 1. The van der Waals surface area contributed by atoms with Crippen LogP contribution in [0.15, 0.2) is 84.9 Å². The molecule has 0 saturated heterocycles. The van der Waals surface area contributed by atoms with Gasteiger partial charge in [0.1, 0.15) is 23.0 Å². The van der Waals surface area contributed by atoms with E-state index in [1.165, 1.54) is 12.1 Å². The van der Waals surface area contributed by atoms with Gasteiger partial charge < -0.3 is 14.6 Å². The number of rotatable bonds is 5. The summed E-state index contributed by atoms with van der Waals surface area (Å²) in [5.74, 6) is 1.40. The van der Waals surface area contributed by atoms with Crippen molar-refractivity contribution in [3.63, 3.8) is 0 Å². The summed E-state index contributed by atoms with van der Waals surface area (Å²) in [6, 6.07) is 22.7. The largest absolute Gasteiger partial charge is 0.508 e. The van der Waals surface area contributed by atoms with E-state index in [1.54, 1.807) is 60.7 Å². The molecule has 3 aromatic rings. The van der Waals surface area contributed by atoms with E-state index >= 15 is 0 Å². The molecule has 0 radical (unpaired) electrons. The normalized spacial score (nSPS) is 10.6. The summed E-state index contributed by atoms with van der Waals surface area (Å²) in [4.78, 5) is 11.8. The van der Waals surface area contributed by atoms with E-state index in [4.69, 9.17) is 9.47 Å². The first-order valence-corrected chi connectivity index (χ1v) is 7.71. The number of ether oxygens (including phenoxy) is 2. The van der Waals surface area contributed by atoms with E-state index in [9.17, 15) is 9.90 Å². The molecule has 0 heterocycles. The third kappa shape index (κ3) is 4.97. The smallest absolute Gasteiger partial charge is 0.336 e. The van der Waals surface area contributed by atoms with Crippen LogP contribution in [0, 0.1) is 0 Å². The van der Waals surface area contributed by atoms with Gasteiger partial charge in [0.05, 0.1) is 0 Å². The highest BCUT2D eigenvalue weighted by molar-refractivity contribution is 5.88. The first-order valence-electron chi connectivity index (χ1n) is 7.71. The Labute approximate surface area is 145 Å². The van der Waals surface area contributed by atoms with Gasteiger partial charge in [-0.25, -0.2) is 4.79 Å². The molecule has 3 rings (SSSR count). The summed E-state index contributed by atoms with van der Waals surface area (Å²) in [6.07, 6.45) is 3.04. The second-order valence-corrected chi connectivity index (χ2v) is 5.24. The molecular weight excluding hydrogens is 316 g/mol. The monoisotopic (exact) mass is 332 g/mol. The maximum Gasteiger partial charge on any atom is 0.336 e. The molecule has 0 aliphatic heterocycles. The number of phenolic OH excluding ortho intramolecular Hbond substituents is 1. The number of phenols is 1. The Kier molecular flexibility index (Phi) is 5.12. The molecule has 0 fully saturated rings. The predicted octanol–water partition coefficient (Wildman–Crippen LogP) is 4.80. The van der Waals surface area contributed by atoms with Crippen LogP contribution in [0.1, 0.15) is 5.56 Å². The molecule has 0 unspecified atom stereocenters. The topological polar surface area (TPSA) is 55.8 Å². The lowest BCUT2D eigenvalue weighted by molar-refractivity contribution is -0.128. The maximum absolute atomic E-state index is 11.8.